The summed E-state index contributed by atoms with van der Waals surface area (Å²) in [5.74, 6) is -0.585. The van der Waals surface area contributed by atoms with E-state index in [0.29, 0.717) is 24.0 Å². The minimum Gasteiger partial charge on any atom is -0.396 e. The Hall–Kier alpha value is -2.20. The van der Waals surface area contributed by atoms with Gasteiger partial charge in [-0.2, -0.15) is 0 Å². The van der Waals surface area contributed by atoms with Gasteiger partial charge in [0, 0.05) is 12.2 Å². The molecule has 116 valence electrons. The fourth-order valence-electron chi connectivity index (χ4n) is 2.42. The number of carbonyl (C=O) groups is 1. The molecule has 1 atom stereocenters. The van der Waals surface area contributed by atoms with Gasteiger partial charge in [-0.05, 0) is 49.1 Å². The van der Waals surface area contributed by atoms with Crippen LogP contribution in [0.1, 0.15) is 40.4 Å². The number of aliphatic hydroxyl groups excluding tert-OH is 1. The lowest BCUT2D eigenvalue weighted by atomic mass is 10.0. The number of nitrogens with one attached hydrogen (secondary N) is 1. The van der Waals surface area contributed by atoms with Gasteiger partial charge in [-0.1, -0.05) is 30.3 Å². The van der Waals surface area contributed by atoms with Crippen LogP contribution in [0.2, 0.25) is 0 Å². The van der Waals surface area contributed by atoms with Crippen LogP contribution in [0.5, 0.6) is 0 Å². The summed E-state index contributed by atoms with van der Waals surface area (Å²) < 4.78 is 13.1. The van der Waals surface area contributed by atoms with Crippen LogP contribution in [-0.4, -0.2) is 17.6 Å². The number of halogens is 1. The Labute approximate surface area is 129 Å². The van der Waals surface area contributed by atoms with Gasteiger partial charge >= 0.3 is 0 Å². The van der Waals surface area contributed by atoms with Crippen molar-refractivity contribution in [1.82, 2.24) is 5.32 Å². The fraction of sp³-hybridized carbons (Fsp3) is 0.278. The molecule has 1 amide bonds. The standard InChI is InChI=1S/C18H20FNO2/c1-13-12-15(19)9-10-16(13)18(22)20-17(8-5-11-21)14-6-3-2-4-7-14/h2-4,6-7,9-10,12,17,21H,5,8,11H2,1H3,(H,20,22). The first-order chi connectivity index (χ1) is 10.6. The lowest BCUT2D eigenvalue weighted by Crippen LogP contribution is -2.29. The second-order valence-corrected chi connectivity index (χ2v) is 5.26. The minimum atomic E-state index is -0.353. The van der Waals surface area contributed by atoms with Crippen LogP contribution in [0, 0.1) is 12.7 Å². The van der Waals surface area contributed by atoms with Crippen LogP contribution in [-0.2, 0) is 0 Å². The van der Waals surface area contributed by atoms with Crippen LogP contribution in [0.15, 0.2) is 48.5 Å². The molecule has 22 heavy (non-hydrogen) atoms. The topological polar surface area (TPSA) is 49.3 Å². The highest BCUT2D eigenvalue weighted by molar-refractivity contribution is 5.95. The number of aryl methyl sites for hydroxylation is 1. The Morgan fingerprint density at radius 3 is 2.59 bits per heavy atom. The molecule has 4 heteroatoms. The number of aliphatic hydroxyl groups is 1. The van der Waals surface area contributed by atoms with Crippen LogP contribution in [0.25, 0.3) is 0 Å². The van der Waals surface area contributed by atoms with E-state index in [1.165, 1.54) is 18.2 Å². The molecule has 0 heterocycles. The highest BCUT2D eigenvalue weighted by Crippen LogP contribution is 2.20. The molecule has 0 aliphatic rings. The Morgan fingerprint density at radius 2 is 1.95 bits per heavy atom. The second-order valence-electron chi connectivity index (χ2n) is 5.26. The molecule has 0 radical (unpaired) electrons. The predicted octanol–water partition coefficient (Wildman–Crippen LogP) is 3.38. The number of amides is 1. The van der Waals surface area contributed by atoms with Gasteiger partial charge in [0.1, 0.15) is 5.82 Å². The first-order valence-corrected chi connectivity index (χ1v) is 7.34. The molecule has 2 N–H and O–H groups in total. The van der Waals surface area contributed by atoms with Gasteiger partial charge in [-0.25, -0.2) is 4.39 Å². The maximum atomic E-state index is 13.1. The van der Waals surface area contributed by atoms with E-state index in [2.05, 4.69) is 5.32 Å². The molecule has 0 saturated heterocycles. The van der Waals surface area contributed by atoms with E-state index >= 15 is 0 Å². The molecule has 0 saturated carbocycles. The summed E-state index contributed by atoms with van der Waals surface area (Å²) in [6.45, 7) is 1.79. The largest absolute Gasteiger partial charge is 0.396 e. The monoisotopic (exact) mass is 301 g/mol. The third-order valence-electron chi connectivity index (χ3n) is 3.59. The third kappa shape index (κ3) is 4.15. The molecule has 3 nitrogen and oxygen atoms in total. The number of benzene rings is 2. The van der Waals surface area contributed by atoms with Gasteiger partial charge in [-0.3, -0.25) is 4.79 Å². The molecule has 0 bridgehead atoms. The average Bonchev–Trinajstić information content (AvgIpc) is 2.52. The van der Waals surface area contributed by atoms with Crippen molar-refractivity contribution < 1.29 is 14.3 Å². The molecule has 1 unspecified atom stereocenters. The van der Waals surface area contributed by atoms with E-state index in [4.69, 9.17) is 5.11 Å². The lowest BCUT2D eigenvalue weighted by Gasteiger charge is -2.19. The molecule has 0 spiro atoms. The molecule has 0 aromatic heterocycles. The van der Waals surface area contributed by atoms with E-state index in [0.717, 1.165) is 5.56 Å². The highest BCUT2D eigenvalue weighted by atomic mass is 19.1. The van der Waals surface area contributed by atoms with E-state index in [1.54, 1.807) is 6.92 Å². The zero-order valence-electron chi connectivity index (χ0n) is 12.6. The van der Waals surface area contributed by atoms with Crippen molar-refractivity contribution in [2.45, 2.75) is 25.8 Å². The molecule has 0 aliphatic heterocycles. The van der Waals surface area contributed by atoms with Crippen LogP contribution < -0.4 is 5.32 Å². The van der Waals surface area contributed by atoms with Crippen molar-refractivity contribution in [2.24, 2.45) is 0 Å². The fourth-order valence-corrected chi connectivity index (χ4v) is 2.42. The summed E-state index contributed by atoms with van der Waals surface area (Å²) >= 11 is 0. The first-order valence-electron chi connectivity index (χ1n) is 7.34. The van der Waals surface area contributed by atoms with E-state index < -0.39 is 0 Å². The Balaban J connectivity index is 2.17. The quantitative estimate of drug-likeness (QED) is 0.859. The molecular weight excluding hydrogens is 281 g/mol. The Kier molecular flexibility index (Phi) is 5.67. The summed E-state index contributed by atoms with van der Waals surface area (Å²) in [6.07, 6.45) is 1.24. The first kappa shape index (κ1) is 16.2. The van der Waals surface area contributed by atoms with Gasteiger partial charge in [-0.15, -0.1) is 0 Å². The Morgan fingerprint density at radius 1 is 1.23 bits per heavy atom. The molecule has 2 aromatic carbocycles. The van der Waals surface area contributed by atoms with Crippen LogP contribution in [0.3, 0.4) is 0 Å². The third-order valence-corrected chi connectivity index (χ3v) is 3.59. The van der Waals surface area contributed by atoms with Gasteiger partial charge in [0.2, 0.25) is 0 Å². The molecule has 2 aromatic rings. The van der Waals surface area contributed by atoms with E-state index in [-0.39, 0.29) is 24.4 Å². The highest BCUT2D eigenvalue weighted by Gasteiger charge is 2.16. The molecule has 0 fully saturated rings. The Bertz CT molecular complexity index is 628. The lowest BCUT2D eigenvalue weighted by molar-refractivity contribution is 0.0931. The van der Waals surface area contributed by atoms with Crippen molar-refractivity contribution in [3.05, 3.63) is 71.0 Å². The minimum absolute atomic E-state index is 0.0782. The molecular formula is C18H20FNO2. The SMILES string of the molecule is Cc1cc(F)ccc1C(=O)NC(CCCO)c1ccccc1. The van der Waals surface area contributed by atoms with Crippen LogP contribution >= 0.6 is 0 Å². The second kappa shape index (κ2) is 7.71. The van der Waals surface area contributed by atoms with E-state index in [9.17, 15) is 9.18 Å². The normalized spacial score (nSPS) is 12.0. The van der Waals surface area contributed by atoms with Gasteiger partial charge in [0.15, 0.2) is 0 Å². The number of carbonyl (C=O) groups excluding carboxylic acids is 1. The average molecular weight is 301 g/mol. The summed E-state index contributed by atoms with van der Waals surface area (Å²) in [5, 5.41) is 12.0. The van der Waals surface area contributed by atoms with Crippen molar-refractivity contribution in [3.63, 3.8) is 0 Å². The maximum Gasteiger partial charge on any atom is 0.252 e. The van der Waals surface area contributed by atoms with Crippen molar-refractivity contribution in [3.8, 4) is 0 Å². The summed E-state index contributed by atoms with van der Waals surface area (Å²) in [5.41, 5.74) is 2.06. The van der Waals surface area contributed by atoms with Crippen molar-refractivity contribution in [1.29, 1.82) is 0 Å². The molecule has 0 aliphatic carbocycles. The van der Waals surface area contributed by atoms with Gasteiger partial charge in [0.05, 0.1) is 6.04 Å². The summed E-state index contributed by atoms with van der Waals surface area (Å²) in [6, 6.07) is 13.6. The molecule has 2 rings (SSSR count). The van der Waals surface area contributed by atoms with Crippen LogP contribution in [0.4, 0.5) is 4.39 Å². The van der Waals surface area contributed by atoms with Gasteiger partial charge < -0.3 is 10.4 Å². The number of hydrogen-bond donors (Lipinski definition) is 2. The maximum absolute atomic E-state index is 13.1. The number of hydrogen-bond acceptors (Lipinski definition) is 2. The van der Waals surface area contributed by atoms with Crippen molar-refractivity contribution >= 4 is 5.91 Å². The predicted molar refractivity (Wildman–Crippen MR) is 84.1 cm³/mol. The zero-order chi connectivity index (χ0) is 15.9. The summed E-state index contributed by atoms with van der Waals surface area (Å²) in [4.78, 5) is 12.4. The summed E-state index contributed by atoms with van der Waals surface area (Å²) in [7, 11) is 0. The van der Waals surface area contributed by atoms with Crippen molar-refractivity contribution in [2.75, 3.05) is 6.61 Å². The van der Waals surface area contributed by atoms with Gasteiger partial charge in [0.25, 0.3) is 5.91 Å². The smallest absolute Gasteiger partial charge is 0.252 e. The zero-order valence-corrected chi connectivity index (χ0v) is 12.6. The van der Waals surface area contributed by atoms with E-state index in [1.807, 2.05) is 30.3 Å². The number of rotatable bonds is 6.